The number of benzene rings is 2. The number of ether oxygens (including phenoxy) is 2. The number of nitrogens with one attached hydrogen (secondary N) is 1. The summed E-state index contributed by atoms with van der Waals surface area (Å²) < 4.78 is 10.9. The zero-order chi connectivity index (χ0) is 15.2. The molecule has 0 aliphatic carbocycles. The van der Waals surface area contributed by atoms with Crippen molar-refractivity contribution < 1.29 is 9.47 Å². The lowest BCUT2D eigenvalue weighted by Gasteiger charge is -2.13. The quantitative estimate of drug-likeness (QED) is 0.841. The molecule has 0 aromatic heterocycles. The SMILES string of the molecule is CCOc1cc(NCc2ccc(Cl)cc2C)ccc1OC. The molecule has 0 atom stereocenters. The third-order valence-electron chi connectivity index (χ3n) is 3.25. The maximum Gasteiger partial charge on any atom is 0.163 e. The summed E-state index contributed by atoms with van der Waals surface area (Å²) in [5, 5.41) is 4.16. The van der Waals surface area contributed by atoms with Gasteiger partial charge in [-0.05, 0) is 49.2 Å². The number of methoxy groups -OCH3 is 1. The highest BCUT2D eigenvalue weighted by Crippen LogP contribution is 2.30. The first-order chi connectivity index (χ1) is 10.1. The Kier molecular flexibility index (Phi) is 5.34. The first kappa shape index (κ1) is 15.5. The Labute approximate surface area is 130 Å². The van der Waals surface area contributed by atoms with Crippen LogP contribution in [-0.4, -0.2) is 13.7 Å². The summed E-state index contributed by atoms with van der Waals surface area (Å²) >= 11 is 5.97. The van der Waals surface area contributed by atoms with Crippen molar-refractivity contribution in [2.45, 2.75) is 20.4 Å². The van der Waals surface area contributed by atoms with Crippen molar-refractivity contribution in [2.24, 2.45) is 0 Å². The number of aryl methyl sites for hydroxylation is 1. The second-order valence-corrected chi connectivity index (χ2v) is 5.16. The van der Waals surface area contributed by atoms with E-state index in [0.717, 1.165) is 28.8 Å². The van der Waals surface area contributed by atoms with Crippen LogP contribution in [0.1, 0.15) is 18.1 Å². The lowest BCUT2D eigenvalue weighted by atomic mass is 10.1. The lowest BCUT2D eigenvalue weighted by molar-refractivity contribution is 0.311. The van der Waals surface area contributed by atoms with E-state index in [2.05, 4.69) is 12.2 Å². The molecule has 0 saturated carbocycles. The van der Waals surface area contributed by atoms with Crippen molar-refractivity contribution in [3.05, 3.63) is 52.5 Å². The monoisotopic (exact) mass is 305 g/mol. The van der Waals surface area contributed by atoms with E-state index in [1.54, 1.807) is 7.11 Å². The molecule has 2 aromatic rings. The molecule has 1 N–H and O–H groups in total. The predicted octanol–water partition coefficient (Wildman–Crippen LogP) is 4.67. The van der Waals surface area contributed by atoms with E-state index in [4.69, 9.17) is 21.1 Å². The summed E-state index contributed by atoms with van der Waals surface area (Å²) in [7, 11) is 1.64. The molecular formula is C17H20ClNO2. The first-order valence-electron chi connectivity index (χ1n) is 6.93. The van der Waals surface area contributed by atoms with Crippen LogP contribution in [0.4, 0.5) is 5.69 Å². The summed E-state index contributed by atoms with van der Waals surface area (Å²) in [4.78, 5) is 0. The molecule has 0 spiro atoms. The van der Waals surface area contributed by atoms with Crippen LogP contribution in [0.25, 0.3) is 0 Å². The van der Waals surface area contributed by atoms with Crippen LogP contribution in [-0.2, 0) is 6.54 Å². The van der Waals surface area contributed by atoms with Crippen LogP contribution >= 0.6 is 11.6 Å². The number of halogens is 1. The number of hydrogen-bond acceptors (Lipinski definition) is 3. The van der Waals surface area contributed by atoms with Crippen LogP contribution in [0.15, 0.2) is 36.4 Å². The van der Waals surface area contributed by atoms with Gasteiger partial charge in [-0.2, -0.15) is 0 Å². The van der Waals surface area contributed by atoms with Crippen molar-refractivity contribution in [3.8, 4) is 11.5 Å². The van der Waals surface area contributed by atoms with Gasteiger partial charge in [0.15, 0.2) is 11.5 Å². The molecule has 0 amide bonds. The van der Waals surface area contributed by atoms with Gasteiger partial charge in [0.2, 0.25) is 0 Å². The van der Waals surface area contributed by atoms with E-state index >= 15 is 0 Å². The average Bonchev–Trinajstić information content (AvgIpc) is 2.47. The topological polar surface area (TPSA) is 30.5 Å². The predicted molar refractivity (Wildman–Crippen MR) is 87.7 cm³/mol. The van der Waals surface area contributed by atoms with Gasteiger partial charge in [0.25, 0.3) is 0 Å². The Bertz CT molecular complexity index is 614. The minimum Gasteiger partial charge on any atom is -0.493 e. The van der Waals surface area contributed by atoms with Crippen molar-refractivity contribution in [1.82, 2.24) is 0 Å². The fraction of sp³-hybridized carbons (Fsp3) is 0.294. The third-order valence-corrected chi connectivity index (χ3v) is 3.49. The smallest absolute Gasteiger partial charge is 0.163 e. The Morgan fingerprint density at radius 1 is 1.10 bits per heavy atom. The molecule has 0 saturated heterocycles. The van der Waals surface area contributed by atoms with Gasteiger partial charge >= 0.3 is 0 Å². The fourth-order valence-electron chi connectivity index (χ4n) is 2.11. The van der Waals surface area contributed by atoms with Crippen LogP contribution in [0.5, 0.6) is 11.5 Å². The number of anilines is 1. The Morgan fingerprint density at radius 2 is 1.90 bits per heavy atom. The van der Waals surface area contributed by atoms with Gasteiger partial charge in [-0.15, -0.1) is 0 Å². The normalized spacial score (nSPS) is 10.3. The number of rotatable bonds is 6. The van der Waals surface area contributed by atoms with Crippen LogP contribution < -0.4 is 14.8 Å². The van der Waals surface area contributed by atoms with Gasteiger partial charge < -0.3 is 14.8 Å². The molecule has 0 heterocycles. The third kappa shape index (κ3) is 4.05. The van der Waals surface area contributed by atoms with Crippen molar-refractivity contribution in [1.29, 1.82) is 0 Å². The summed E-state index contributed by atoms with van der Waals surface area (Å²) in [6, 6.07) is 11.8. The molecule has 0 bridgehead atoms. The highest BCUT2D eigenvalue weighted by molar-refractivity contribution is 6.30. The van der Waals surface area contributed by atoms with E-state index in [-0.39, 0.29) is 0 Å². The second kappa shape index (κ2) is 7.23. The molecule has 2 aromatic carbocycles. The fourth-order valence-corrected chi connectivity index (χ4v) is 2.34. The standard InChI is InChI=1S/C17H20ClNO2/c1-4-21-17-10-15(7-8-16(17)20-3)19-11-13-5-6-14(18)9-12(13)2/h5-10,19H,4,11H2,1-3H3. The van der Waals surface area contributed by atoms with Gasteiger partial charge in [-0.1, -0.05) is 17.7 Å². The minimum absolute atomic E-state index is 0.607. The van der Waals surface area contributed by atoms with Crippen LogP contribution in [0, 0.1) is 6.92 Å². The van der Waals surface area contributed by atoms with Crippen molar-refractivity contribution in [3.63, 3.8) is 0 Å². The molecule has 0 fully saturated rings. The van der Waals surface area contributed by atoms with Gasteiger partial charge in [0.1, 0.15) is 0 Å². The highest BCUT2D eigenvalue weighted by Gasteiger charge is 2.06. The van der Waals surface area contributed by atoms with Gasteiger partial charge in [-0.3, -0.25) is 0 Å². The molecule has 2 rings (SSSR count). The molecule has 21 heavy (non-hydrogen) atoms. The summed E-state index contributed by atoms with van der Waals surface area (Å²) in [5.41, 5.74) is 3.38. The maximum absolute atomic E-state index is 5.97. The summed E-state index contributed by atoms with van der Waals surface area (Å²) in [6.07, 6.45) is 0. The molecule has 0 radical (unpaired) electrons. The molecule has 0 unspecified atom stereocenters. The molecular weight excluding hydrogens is 286 g/mol. The molecule has 112 valence electrons. The van der Waals surface area contributed by atoms with Crippen LogP contribution in [0.3, 0.4) is 0 Å². The zero-order valence-corrected chi connectivity index (χ0v) is 13.3. The largest absolute Gasteiger partial charge is 0.493 e. The van der Waals surface area contributed by atoms with Crippen molar-refractivity contribution in [2.75, 3.05) is 19.0 Å². The van der Waals surface area contributed by atoms with E-state index in [9.17, 15) is 0 Å². The van der Waals surface area contributed by atoms with E-state index < -0.39 is 0 Å². The van der Waals surface area contributed by atoms with Gasteiger partial charge in [0.05, 0.1) is 13.7 Å². The van der Waals surface area contributed by atoms with E-state index in [1.807, 2.05) is 43.3 Å². The maximum atomic E-state index is 5.97. The highest BCUT2D eigenvalue weighted by atomic mass is 35.5. The van der Waals surface area contributed by atoms with Gasteiger partial charge in [0, 0.05) is 23.3 Å². The average molecular weight is 306 g/mol. The Balaban J connectivity index is 2.10. The Hall–Kier alpha value is -1.87. The number of hydrogen-bond donors (Lipinski definition) is 1. The summed E-state index contributed by atoms with van der Waals surface area (Å²) in [6.45, 7) is 5.36. The molecule has 3 nitrogen and oxygen atoms in total. The zero-order valence-electron chi connectivity index (χ0n) is 12.6. The molecule has 4 heteroatoms. The second-order valence-electron chi connectivity index (χ2n) is 4.72. The Morgan fingerprint density at radius 3 is 2.57 bits per heavy atom. The van der Waals surface area contributed by atoms with Gasteiger partial charge in [-0.25, -0.2) is 0 Å². The minimum atomic E-state index is 0.607. The van der Waals surface area contributed by atoms with Crippen LogP contribution in [0.2, 0.25) is 5.02 Å². The molecule has 0 aliphatic heterocycles. The molecule has 0 aliphatic rings. The van der Waals surface area contributed by atoms with Crippen molar-refractivity contribution >= 4 is 17.3 Å². The van der Waals surface area contributed by atoms with E-state index in [1.165, 1.54) is 11.1 Å². The first-order valence-corrected chi connectivity index (χ1v) is 7.31. The lowest BCUT2D eigenvalue weighted by Crippen LogP contribution is -2.02. The summed E-state index contributed by atoms with van der Waals surface area (Å²) in [5.74, 6) is 1.49. The van der Waals surface area contributed by atoms with E-state index in [0.29, 0.717) is 6.61 Å².